The van der Waals surface area contributed by atoms with Crippen LogP contribution in [-0.2, 0) is 0 Å². The lowest BCUT2D eigenvalue weighted by Crippen LogP contribution is -2.37. The molecule has 3 heteroatoms. The average molecular weight is 246 g/mol. The Hall–Kier alpha value is -1.06. The van der Waals surface area contributed by atoms with Crippen molar-refractivity contribution in [3.8, 4) is 5.75 Å². The maximum absolute atomic E-state index is 5.74. The highest BCUT2D eigenvalue weighted by molar-refractivity contribution is 5.39. The fraction of sp³-hybridized carbons (Fsp3) is 0.600. The summed E-state index contributed by atoms with van der Waals surface area (Å²) in [6, 6.07) is 9.13. The van der Waals surface area contributed by atoms with Gasteiger partial charge in [-0.15, -0.1) is 0 Å². The average Bonchev–Trinajstić information content (AvgIpc) is 3.00. The lowest BCUT2D eigenvalue weighted by atomic mass is 10.0. The predicted octanol–water partition coefficient (Wildman–Crippen LogP) is 1.85. The first-order chi connectivity index (χ1) is 8.83. The van der Waals surface area contributed by atoms with Crippen LogP contribution in [0.15, 0.2) is 24.3 Å². The van der Waals surface area contributed by atoms with Crippen LogP contribution in [0.5, 0.6) is 5.75 Å². The van der Waals surface area contributed by atoms with Crippen LogP contribution in [0.3, 0.4) is 0 Å². The summed E-state index contributed by atoms with van der Waals surface area (Å²) >= 11 is 0. The monoisotopic (exact) mass is 246 g/mol. The molecule has 1 N–H and O–H groups in total. The van der Waals surface area contributed by atoms with Gasteiger partial charge in [0, 0.05) is 30.6 Å². The Morgan fingerprint density at radius 1 is 1.33 bits per heavy atom. The van der Waals surface area contributed by atoms with Gasteiger partial charge >= 0.3 is 0 Å². The van der Waals surface area contributed by atoms with Gasteiger partial charge in [0.25, 0.3) is 0 Å². The normalized spacial score (nSPS) is 26.3. The Morgan fingerprint density at radius 3 is 3.06 bits per heavy atom. The topological polar surface area (TPSA) is 24.5 Å². The number of fused-ring (bicyclic) bond motifs is 1. The van der Waals surface area contributed by atoms with Gasteiger partial charge in [-0.3, -0.25) is 0 Å². The zero-order valence-electron chi connectivity index (χ0n) is 11.1. The van der Waals surface area contributed by atoms with Crippen LogP contribution in [0, 0.1) is 0 Å². The molecule has 1 fully saturated rings. The molecule has 98 valence electrons. The highest BCUT2D eigenvalue weighted by Crippen LogP contribution is 2.33. The molecule has 0 spiro atoms. The lowest BCUT2D eigenvalue weighted by molar-refractivity contribution is 0.252. The molecule has 3 nitrogen and oxygen atoms in total. The van der Waals surface area contributed by atoms with E-state index in [1.807, 2.05) is 6.07 Å². The van der Waals surface area contributed by atoms with Gasteiger partial charge in [-0.25, -0.2) is 0 Å². The fourth-order valence-corrected chi connectivity index (χ4v) is 3.12. The molecule has 1 aromatic rings. The minimum atomic E-state index is 0.535. The summed E-state index contributed by atoms with van der Waals surface area (Å²) in [4.78, 5) is 2.44. The van der Waals surface area contributed by atoms with Crippen LogP contribution < -0.4 is 10.1 Å². The maximum Gasteiger partial charge on any atom is 0.122 e. The van der Waals surface area contributed by atoms with E-state index < -0.39 is 0 Å². The standard InChI is InChI=1S/C15H22N2O/c1-17(10-13-5-4-8-16-13)9-12-11-18-15-7-3-2-6-14(12)15/h2-3,6-7,12-13,16H,4-5,8-11H2,1H3. The van der Waals surface area contributed by atoms with E-state index in [-0.39, 0.29) is 0 Å². The van der Waals surface area contributed by atoms with Crippen molar-refractivity contribution in [2.24, 2.45) is 0 Å². The summed E-state index contributed by atoms with van der Waals surface area (Å²) in [5, 5.41) is 3.56. The van der Waals surface area contributed by atoms with Crippen molar-refractivity contribution < 1.29 is 4.74 Å². The van der Waals surface area contributed by atoms with Crippen molar-refractivity contribution in [3.63, 3.8) is 0 Å². The minimum absolute atomic E-state index is 0.535. The highest BCUT2D eigenvalue weighted by Gasteiger charge is 2.25. The summed E-state index contributed by atoms with van der Waals surface area (Å²) in [7, 11) is 2.22. The van der Waals surface area contributed by atoms with Crippen LogP contribution in [0.25, 0.3) is 0 Å². The molecule has 0 bridgehead atoms. The van der Waals surface area contributed by atoms with E-state index >= 15 is 0 Å². The van der Waals surface area contributed by atoms with Gasteiger partial charge in [-0.1, -0.05) is 18.2 Å². The van der Waals surface area contributed by atoms with E-state index in [2.05, 4.69) is 35.5 Å². The Morgan fingerprint density at radius 2 is 2.22 bits per heavy atom. The van der Waals surface area contributed by atoms with Gasteiger partial charge in [0.05, 0.1) is 6.61 Å². The number of hydrogen-bond donors (Lipinski definition) is 1. The molecule has 0 radical (unpaired) electrons. The van der Waals surface area contributed by atoms with E-state index in [1.54, 1.807) is 0 Å². The molecule has 0 amide bonds. The van der Waals surface area contributed by atoms with Crippen molar-refractivity contribution in [1.82, 2.24) is 10.2 Å². The SMILES string of the molecule is CN(CC1CCCN1)CC1COc2ccccc21. The van der Waals surface area contributed by atoms with Crippen molar-refractivity contribution in [2.75, 3.05) is 33.3 Å². The molecule has 2 heterocycles. The molecular weight excluding hydrogens is 224 g/mol. The number of benzene rings is 1. The first-order valence-corrected chi connectivity index (χ1v) is 6.96. The van der Waals surface area contributed by atoms with Gasteiger partial charge in [0.15, 0.2) is 0 Å². The van der Waals surface area contributed by atoms with E-state index in [0.717, 1.165) is 25.4 Å². The second kappa shape index (κ2) is 5.29. The molecule has 3 rings (SSSR count). The fourth-order valence-electron chi connectivity index (χ4n) is 3.12. The third kappa shape index (κ3) is 2.52. The van der Waals surface area contributed by atoms with E-state index in [1.165, 1.54) is 24.9 Å². The van der Waals surface area contributed by atoms with Gasteiger partial charge in [0.1, 0.15) is 5.75 Å². The molecule has 1 saturated heterocycles. The summed E-state index contributed by atoms with van der Waals surface area (Å²) in [5.74, 6) is 1.61. The third-order valence-corrected chi connectivity index (χ3v) is 4.03. The van der Waals surface area contributed by atoms with Crippen molar-refractivity contribution >= 4 is 0 Å². The Labute approximate surface area is 109 Å². The van der Waals surface area contributed by atoms with E-state index in [9.17, 15) is 0 Å². The molecular formula is C15H22N2O. The zero-order valence-corrected chi connectivity index (χ0v) is 11.1. The van der Waals surface area contributed by atoms with Crippen molar-refractivity contribution in [2.45, 2.75) is 24.8 Å². The Balaban J connectivity index is 1.57. The number of likely N-dealkylation sites (N-methyl/N-ethyl adjacent to an activating group) is 1. The molecule has 0 saturated carbocycles. The third-order valence-electron chi connectivity index (χ3n) is 4.03. The number of ether oxygens (including phenoxy) is 1. The number of nitrogens with zero attached hydrogens (tertiary/aromatic N) is 1. The number of para-hydroxylation sites is 1. The summed E-state index contributed by atoms with van der Waals surface area (Å²) in [6.45, 7) is 4.27. The van der Waals surface area contributed by atoms with E-state index in [4.69, 9.17) is 4.74 Å². The second-order valence-electron chi connectivity index (χ2n) is 5.56. The van der Waals surface area contributed by atoms with Crippen LogP contribution in [0.1, 0.15) is 24.3 Å². The van der Waals surface area contributed by atoms with Gasteiger partial charge in [-0.2, -0.15) is 0 Å². The first kappa shape index (κ1) is 12.0. The number of hydrogen-bond acceptors (Lipinski definition) is 3. The molecule has 18 heavy (non-hydrogen) atoms. The molecule has 2 aliphatic rings. The van der Waals surface area contributed by atoms with Gasteiger partial charge < -0.3 is 15.0 Å². The zero-order chi connectivity index (χ0) is 12.4. The summed E-state index contributed by atoms with van der Waals surface area (Å²) < 4.78 is 5.74. The minimum Gasteiger partial charge on any atom is -0.493 e. The number of rotatable bonds is 4. The second-order valence-corrected chi connectivity index (χ2v) is 5.56. The summed E-state index contributed by atoms with van der Waals surface area (Å²) in [6.07, 6.45) is 2.65. The van der Waals surface area contributed by atoms with Crippen molar-refractivity contribution in [3.05, 3.63) is 29.8 Å². The largest absolute Gasteiger partial charge is 0.493 e. The Bertz CT molecular complexity index is 401. The molecule has 2 unspecified atom stereocenters. The van der Waals surface area contributed by atoms with E-state index in [0.29, 0.717) is 12.0 Å². The Kier molecular flexibility index (Phi) is 3.52. The lowest BCUT2D eigenvalue weighted by Gasteiger charge is -2.23. The smallest absolute Gasteiger partial charge is 0.122 e. The van der Waals surface area contributed by atoms with Crippen LogP contribution in [0.2, 0.25) is 0 Å². The molecule has 2 atom stereocenters. The molecule has 0 aliphatic carbocycles. The molecule has 0 aromatic heterocycles. The van der Waals surface area contributed by atoms with Gasteiger partial charge in [0.2, 0.25) is 0 Å². The van der Waals surface area contributed by atoms with Crippen molar-refractivity contribution in [1.29, 1.82) is 0 Å². The molecule has 2 aliphatic heterocycles. The highest BCUT2D eigenvalue weighted by atomic mass is 16.5. The molecule has 1 aromatic carbocycles. The number of nitrogens with one attached hydrogen (secondary N) is 1. The maximum atomic E-state index is 5.74. The first-order valence-electron chi connectivity index (χ1n) is 6.96. The van der Waals surface area contributed by atoms with Crippen LogP contribution in [0.4, 0.5) is 0 Å². The predicted molar refractivity (Wildman–Crippen MR) is 73.2 cm³/mol. The van der Waals surface area contributed by atoms with Gasteiger partial charge in [-0.05, 0) is 32.5 Å². The quantitative estimate of drug-likeness (QED) is 0.877. The van der Waals surface area contributed by atoms with Crippen LogP contribution in [-0.4, -0.2) is 44.2 Å². The van der Waals surface area contributed by atoms with Crippen LogP contribution >= 0.6 is 0 Å². The summed E-state index contributed by atoms with van der Waals surface area (Å²) in [5.41, 5.74) is 1.38.